The van der Waals surface area contributed by atoms with E-state index < -0.39 is 21.7 Å². The summed E-state index contributed by atoms with van der Waals surface area (Å²) in [5.41, 5.74) is 2.90. The molecule has 1 N–H and O–H groups in total. The summed E-state index contributed by atoms with van der Waals surface area (Å²) in [7, 11) is -3.75. The molecule has 0 saturated carbocycles. The normalized spacial score (nSPS) is 14.2. The predicted molar refractivity (Wildman–Crippen MR) is 169 cm³/mol. The van der Waals surface area contributed by atoms with E-state index in [4.69, 9.17) is 4.74 Å². The number of halogens is 1. The topological polar surface area (TPSA) is 88.6 Å². The zero-order valence-electron chi connectivity index (χ0n) is 24.6. The highest BCUT2D eigenvalue weighted by molar-refractivity contribution is 7.92. The van der Waals surface area contributed by atoms with E-state index in [-0.39, 0.29) is 35.3 Å². The number of sulfonamides is 1. The molecule has 224 valence electrons. The lowest BCUT2D eigenvalue weighted by Crippen LogP contribution is -2.38. The van der Waals surface area contributed by atoms with E-state index in [0.717, 1.165) is 16.7 Å². The fraction of sp³-hybridized carbons (Fsp3) is 0.200. The van der Waals surface area contributed by atoms with E-state index in [1.807, 2.05) is 74.5 Å². The molecular formula is C35H32FN3O4S. The summed E-state index contributed by atoms with van der Waals surface area (Å²) < 4.78 is 49.5. The third-order valence-corrected chi connectivity index (χ3v) is 9.37. The molecule has 0 radical (unpaired) electrons. The molecule has 1 aromatic heterocycles. The number of nitrogens with one attached hydrogen (secondary N) is 1. The maximum atomic E-state index is 14.6. The van der Waals surface area contributed by atoms with Gasteiger partial charge in [-0.1, -0.05) is 72.8 Å². The minimum absolute atomic E-state index is 0.153. The molecule has 0 spiro atoms. The Balaban J connectivity index is 1.62. The van der Waals surface area contributed by atoms with E-state index in [1.165, 1.54) is 12.1 Å². The highest BCUT2D eigenvalue weighted by Crippen LogP contribution is 2.52. The van der Waals surface area contributed by atoms with Gasteiger partial charge in [0.25, 0.3) is 5.91 Å². The van der Waals surface area contributed by atoms with E-state index in [2.05, 4.69) is 9.71 Å². The summed E-state index contributed by atoms with van der Waals surface area (Å²) in [6.07, 6.45) is 1.01. The Kier molecular flexibility index (Phi) is 7.59. The Hall–Kier alpha value is -4.76. The van der Waals surface area contributed by atoms with Gasteiger partial charge in [0.15, 0.2) is 5.75 Å². The molecule has 0 fully saturated rings. The lowest BCUT2D eigenvalue weighted by Gasteiger charge is -2.34. The predicted octanol–water partition coefficient (Wildman–Crippen LogP) is 7.20. The molecule has 0 atom stereocenters. The Morgan fingerprint density at radius 1 is 0.909 bits per heavy atom. The van der Waals surface area contributed by atoms with Crippen LogP contribution in [0, 0.1) is 5.82 Å². The maximum absolute atomic E-state index is 14.6. The Morgan fingerprint density at radius 2 is 1.52 bits per heavy atom. The number of nitrogens with zero attached hydrogens (tertiary/aromatic N) is 2. The van der Waals surface area contributed by atoms with E-state index in [1.54, 1.807) is 42.3 Å². The van der Waals surface area contributed by atoms with Crippen LogP contribution in [-0.4, -0.2) is 30.0 Å². The van der Waals surface area contributed by atoms with Crippen LogP contribution in [0.4, 0.5) is 10.1 Å². The SMILES string of the molecule is CCS(=O)(=O)Nc1c2c(c(OC(c3ccccc3)c3ccccc3)c3ncccc13)C(=O)N(Cc1ccc(F)cc1)C2(C)C. The van der Waals surface area contributed by atoms with Crippen LogP contribution in [0.25, 0.3) is 10.9 Å². The summed E-state index contributed by atoms with van der Waals surface area (Å²) >= 11 is 0. The van der Waals surface area contributed by atoms with Crippen molar-refractivity contribution in [3.05, 3.63) is 137 Å². The van der Waals surface area contributed by atoms with Gasteiger partial charge in [-0.2, -0.15) is 0 Å². The number of ether oxygens (including phenoxy) is 1. The van der Waals surface area contributed by atoms with E-state index in [0.29, 0.717) is 22.2 Å². The number of fused-ring (bicyclic) bond motifs is 2. The molecule has 44 heavy (non-hydrogen) atoms. The lowest BCUT2D eigenvalue weighted by molar-refractivity contribution is 0.0593. The minimum Gasteiger partial charge on any atom is -0.478 e. The van der Waals surface area contributed by atoms with Crippen molar-refractivity contribution >= 4 is 32.5 Å². The van der Waals surface area contributed by atoms with Gasteiger partial charge in [0.05, 0.1) is 22.5 Å². The molecule has 2 heterocycles. The molecule has 0 bridgehead atoms. The summed E-state index contributed by atoms with van der Waals surface area (Å²) in [4.78, 5) is 20.9. The molecule has 5 aromatic rings. The second-order valence-electron chi connectivity index (χ2n) is 11.3. The molecule has 0 aliphatic carbocycles. The Morgan fingerprint density at radius 3 is 2.11 bits per heavy atom. The van der Waals surface area contributed by atoms with Gasteiger partial charge in [-0.25, -0.2) is 12.8 Å². The van der Waals surface area contributed by atoms with Crippen molar-refractivity contribution in [1.82, 2.24) is 9.88 Å². The first-order chi connectivity index (χ1) is 21.1. The Labute approximate surface area is 256 Å². The van der Waals surface area contributed by atoms with Crippen LogP contribution in [0.2, 0.25) is 0 Å². The maximum Gasteiger partial charge on any atom is 0.259 e. The summed E-state index contributed by atoms with van der Waals surface area (Å²) in [5.74, 6) is -0.596. The first-order valence-corrected chi connectivity index (χ1v) is 16.0. The van der Waals surface area contributed by atoms with Crippen molar-refractivity contribution in [2.24, 2.45) is 0 Å². The van der Waals surface area contributed by atoms with Gasteiger partial charge in [-0.05, 0) is 61.7 Å². The van der Waals surface area contributed by atoms with Gasteiger partial charge in [0.2, 0.25) is 10.0 Å². The van der Waals surface area contributed by atoms with Crippen molar-refractivity contribution in [2.45, 2.75) is 39.0 Å². The molecule has 9 heteroatoms. The highest BCUT2D eigenvalue weighted by Gasteiger charge is 2.48. The number of rotatable bonds is 9. The van der Waals surface area contributed by atoms with Gasteiger partial charge in [0, 0.05) is 23.7 Å². The largest absolute Gasteiger partial charge is 0.478 e. The van der Waals surface area contributed by atoms with Crippen molar-refractivity contribution < 1.29 is 22.3 Å². The molecule has 7 nitrogen and oxygen atoms in total. The van der Waals surface area contributed by atoms with Crippen molar-refractivity contribution in [2.75, 3.05) is 10.5 Å². The summed E-state index contributed by atoms with van der Waals surface area (Å²) in [6, 6.07) is 28.9. The molecule has 1 aliphatic rings. The van der Waals surface area contributed by atoms with Crippen LogP contribution in [-0.2, 0) is 22.1 Å². The smallest absolute Gasteiger partial charge is 0.259 e. The number of carbonyl (C=O) groups excluding carboxylic acids is 1. The highest BCUT2D eigenvalue weighted by atomic mass is 32.2. The first kappa shape index (κ1) is 29.3. The number of carbonyl (C=O) groups is 1. The average Bonchev–Trinajstić information content (AvgIpc) is 3.23. The second kappa shape index (κ2) is 11.4. The monoisotopic (exact) mass is 609 g/mol. The quantitative estimate of drug-likeness (QED) is 0.191. The third-order valence-electron chi connectivity index (χ3n) is 8.10. The molecule has 0 unspecified atom stereocenters. The molecule has 1 aliphatic heterocycles. The number of hydrogen-bond donors (Lipinski definition) is 1. The van der Waals surface area contributed by atoms with Gasteiger partial charge >= 0.3 is 0 Å². The molecule has 6 rings (SSSR count). The fourth-order valence-corrected chi connectivity index (χ4v) is 6.48. The van der Waals surface area contributed by atoms with Crippen LogP contribution in [0.3, 0.4) is 0 Å². The molecule has 4 aromatic carbocycles. The van der Waals surface area contributed by atoms with Crippen molar-refractivity contribution in [1.29, 1.82) is 0 Å². The number of amides is 1. The van der Waals surface area contributed by atoms with Crippen LogP contribution in [0.1, 0.15) is 59.5 Å². The number of benzene rings is 4. The third kappa shape index (κ3) is 5.28. The zero-order chi connectivity index (χ0) is 31.1. The van der Waals surface area contributed by atoms with Crippen LogP contribution < -0.4 is 9.46 Å². The van der Waals surface area contributed by atoms with Crippen LogP contribution in [0.15, 0.2) is 103 Å². The zero-order valence-corrected chi connectivity index (χ0v) is 25.4. The number of pyridine rings is 1. The van der Waals surface area contributed by atoms with Gasteiger partial charge in [0.1, 0.15) is 17.4 Å². The van der Waals surface area contributed by atoms with Gasteiger partial charge < -0.3 is 9.64 Å². The van der Waals surface area contributed by atoms with E-state index >= 15 is 0 Å². The number of hydrogen-bond acceptors (Lipinski definition) is 5. The minimum atomic E-state index is -3.75. The van der Waals surface area contributed by atoms with Crippen molar-refractivity contribution in [3.63, 3.8) is 0 Å². The van der Waals surface area contributed by atoms with Gasteiger partial charge in [-0.3, -0.25) is 14.5 Å². The van der Waals surface area contributed by atoms with Crippen molar-refractivity contribution in [3.8, 4) is 5.75 Å². The van der Waals surface area contributed by atoms with Gasteiger partial charge in [-0.15, -0.1) is 0 Å². The summed E-state index contributed by atoms with van der Waals surface area (Å²) in [5, 5.41) is 0.516. The molecule has 0 saturated heterocycles. The number of anilines is 1. The fourth-order valence-electron chi connectivity index (χ4n) is 5.81. The van der Waals surface area contributed by atoms with Crippen LogP contribution in [0.5, 0.6) is 5.75 Å². The molecule has 1 amide bonds. The lowest BCUT2D eigenvalue weighted by atomic mass is 9.89. The Bertz CT molecular complexity index is 1910. The summed E-state index contributed by atoms with van der Waals surface area (Å²) in [6.45, 7) is 5.48. The van der Waals surface area contributed by atoms with E-state index in [9.17, 15) is 17.6 Å². The standard InChI is InChI=1S/C35H32FN3O4S/c1-4-44(41,42)38-30-27-16-11-21-37-31(27)33(43-32(24-12-7-5-8-13-24)25-14-9-6-10-15-25)28-29(30)35(2,3)39(34(28)40)22-23-17-19-26(36)20-18-23/h5-21,32,38H,4,22H2,1-3H3. The molecular weight excluding hydrogens is 577 g/mol. The average molecular weight is 610 g/mol. The first-order valence-electron chi connectivity index (χ1n) is 14.4. The number of aromatic nitrogens is 1. The second-order valence-corrected chi connectivity index (χ2v) is 13.3. The van der Waals surface area contributed by atoms with Crippen LogP contribution >= 0.6 is 0 Å².